The molecule has 0 saturated carbocycles. The van der Waals surface area contributed by atoms with Crippen molar-refractivity contribution in [2.45, 2.75) is 50.3 Å². The highest BCUT2D eigenvalue weighted by Gasteiger charge is 2.54. The van der Waals surface area contributed by atoms with Crippen LogP contribution < -0.4 is 5.32 Å². The third kappa shape index (κ3) is 6.28. The van der Waals surface area contributed by atoms with Gasteiger partial charge < -0.3 is 19.9 Å². The van der Waals surface area contributed by atoms with E-state index in [1.807, 2.05) is 60.7 Å². The van der Waals surface area contributed by atoms with E-state index in [1.165, 1.54) is 16.7 Å². The van der Waals surface area contributed by atoms with Crippen LogP contribution in [0.25, 0.3) is 0 Å². The predicted octanol–water partition coefficient (Wildman–Crippen LogP) is 4.32. The second kappa shape index (κ2) is 11.9. The van der Waals surface area contributed by atoms with Crippen molar-refractivity contribution in [1.82, 2.24) is 10.2 Å². The number of nitrogens with one attached hydrogen (secondary N) is 1. The van der Waals surface area contributed by atoms with Gasteiger partial charge in [-0.3, -0.25) is 9.69 Å². The van der Waals surface area contributed by atoms with Gasteiger partial charge in [0.1, 0.15) is 22.7 Å². The summed E-state index contributed by atoms with van der Waals surface area (Å²) >= 11 is 1.44. The van der Waals surface area contributed by atoms with Gasteiger partial charge in [-0.15, -0.1) is 11.8 Å². The monoisotopic (exact) mass is 536 g/mol. The standard InChI is InChI=1S/C29H32N2O6S/c1-29(2,3)37-28(35)30-22-25(33)31-23(21(16-10-11-17-32)18-38-26(22)31)27(34)36-24(19-12-6-4-7-13-19)20-14-8-5-9-15-20/h4-10,12-16,22,24,26,32H,11,17-18H2,1-3H3,(H,30,35)/b16-10-/t22-,26-/m1/s1. The van der Waals surface area contributed by atoms with E-state index < -0.39 is 41.1 Å². The summed E-state index contributed by atoms with van der Waals surface area (Å²) in [5, 5.41) is 11.4. The first kappa shape index (κ1) is 27.5. The maximum Gasteiger partial charge on any atom is 0.408 e. The molecule has 2 N–H and O–H groups in total. The third-order valence-corrected chi connectivity index (χ3v) is 7.21. The molecule has 2 amide bonds. The lowest BCUT2D eigenvalue weighted by Gasteiger charge is -2.49. The number of thioether (sulfide) groups is 1. The van der Waals surface area contributed by atoms with Gasteiger partial charge in [-0.1, -0.05) is 72.8 Å². The number of ether oxygens (including phenoxy) is 2. The molecule has 38 heavy (non-hydrogen) atoms. The van der Waals surface area contributed by atoms with Crippen molar-refractivity contribution in [2.24, 2.45) is 0 Å². The number of allylic oxidation sites excluding steroid dienone is 1. The molecule has 200 valence electrons. The summed E-state index contributed by atoms with van der Waals surface area (Å²) in [4.78, 5) is 40.8. The Morgan fingerprint density at radius 2 is 1.71 bits per heavy atom. The van der Waals surface area contributed by atoms with Crippen molar-refractivity contribution in [1.29, 1.82) is 0 Å². The second-order valence-corrected chi connectivity index (χ2v) is 11.0. The summed E-state index contributed by atoms with van der Waals surface area (Å²) in [6.07, 6.45) is 2.55. The zero-order chi connectivity index (χ0) is 27.3. The maximum absolute atomic E-state index is 13.8. The molecular weight excluding hydrogens is 504 g/mol. The van der Waals surface area contributed by atoms with E-state index in [0.29, 0.717) is 17.7 Å². The van der Waals surface area contributed by atoms with Crippen LogP contribution in [-0.4, -0.2) is 57.4 Å². The van der Waals surface area contributed by atoms with E-state index in [-0.39, 0.29) is 12.3 Å². The molecule has 2 aliphatic rings. The highest BCUT2D eigenvalue weighted by molar-refractivity contribution is 8.00. The summed E-state index contributed by atoms with van der Waals surface area (Å²) in [6.45, 7) is 5.20. The minimum absolute atomic E-state index is 0.0338. The second-order valence-electron chi connectivity index (χ2n) is 9.93. The van der Waals surface area contributed by atoms with Crippen LogP contribution >= 0.6 is 11.8 Å². The van der Waals surface area contributed by atoms with Crippen LogP contribution in [0.5, 0.6) is 0 Å². The minimum atomic E-state index is -0.820. The van der Waals surface area contributed by atoms with E-state index in [9.17, 15) is 19.5 Å². The number of benzene rings is 2. The molecule has 8 nitrogen and oxygen atoms in total. The van der Waals surface area contributed by atoms with Crippen LogP contribution in [0.2, 0.25) is 0 Å². The first-order valence-corrected chi connectivity index (χ1v) is 13.5. The zero-order valence-electron chi connectivity index (χ0n) is 21.6. The number of carbonyl (C=O) groups excluding carboxylic acids is 3. The number of aliphatic hydroxyl groups excluding tert-OH is 1. The maximum atomic E-state index is 13.8. The highest BCUT2D eigenvalue weighted by atomic mass is 32.2. The van der Waals surface area contributed by atoms with Crippen molar-refractivity contribution >= 4 is 29.7 Å². The molecule has 2 aromatic carbocycles. The van der Waals surface area contributed by atoms with E-state index in [2.05, 4.69) is 5.32 Å². The Labute approximate surface area is 226 Å². The molecule has 2 heterocycles. The van der Waals surface area contributed by atoms with Crippen molar-refractivity contribution in [3.05, 3.63) is 95.2 Å². The number of amides is 2. The summed E-state index contributed by atoms with van der Waals surface area (Å²) < 4.78 is 11.4. The van der Waals surface area contributed by atoms with E-state index in [0.717, 1.165) is 11.1 Å². The van der Waals surface area contributed by atoms with Crippen molar-refractivity contribution in [3.8, 4) is 0 Å². The van der Waals surface area contributed by atoms with Crippen LogP contribution in [0, 0.1) is 0 Å². The number of hydrogen-bond donors (Lipinski definition) is 2. The van der Waals surface area contributed by atoms with Crippen molar-refractivity contribution in [2.75, 3.05) is 12.4 Å². The Morgan fingerprint density at radius 3 is 2.26 bits per heavy atom. The molecule has 1 saturated heterocycles. The lowest BCUT2D eigenvalue weighted by atomic mass is 10.0. The number of nitrogens with zero attached hydrogens (tertiary/aromatic N) is 1. The minimum Gasteiger partial charge on any atom is -0.448 e. The van der Waals surface area contributed by atoms with Gasteiger partial charge in [0.15, 0.2) is 6.10 Å². The first-order valence-electron chi connectivity index (χ1n) is 12.4. The van der Waals surface area contributed by atoms with E-state index in [4.69, 9.17) is 9.47 Å². The molecule has 0 aromatic heterocycles. The lowest BCUT2D eigenvalue weighted by Crippen LogP contribution is -2.70. The molecule has 2 aliphatic heterocycles. The van der Waals surface area contributed by atoms with Crippen LogP contribution in [-0.2, 0) is 19.1 Å². The van der Waals surface area contributed by atoms with Crippen LogP contribution in [0.3, 0.4) is 0 Å². The number of hydrogen-bond acceptors (Lipinski definition) is 7. The van der Waals surface area contributed by atoms with Gasteiger partial charge >= 0.3 is 12.1 Å². The summed E-state index contributed by atoms with van der Waals surface area (Å²) in [7, 11) is 0. The smallest absolute Gasteiger partial charge is 0.408 e. The third-order valence-electron chi connectivity index (χ3n) is 5.91. The molecule has 9 heteroatoms. The number of alkyl carbamates (subject to hydrolysis) is 1. The number of rotatable bonds is 8. The van der Waals surface area contributed by atoms with Crippen LogP contribution in [0.1, 0.15) is 44.4 Å². The van der Waals surface area contributed by atoms with Crippen LogP contribution in [0.4, 0.5) is 4.79 Å². The van der Waals surface area contributed by atoms with Gasteiger partial charge in [0.05, 0.1) is 0 Å². The largest absolute Gasteiger partial charge is 0.448 e. The zero-order valence-corrected chi connectivity index (χ0v) is 22.4. The number of aliphatic hydroxyl groups is 1. The number of carbonyl (C=O) groups is 3. The van der Waals surface area contributed by atoms with Gasteiger partial charge in [-0.2, -0.15) is 0 Å². The van der Waals surface area contributed by atoms with Gasteiger partial charge in [-0.05, 0) is 43.9 Å². The van der Waals surface area contributed by atoms with E-state index in [1.54, 1.807) is 32.9 Å². The number of fused-ring (bicyclic) bond motifs is 1. The number of esters is 1. The molecule has 2 atom stereocenters. The lowest BCUT2D eigenvalue weighted by molar-refractivity contribution is -0.153. The summed E-state index contributed by atoms with van der Waals surface area (Å²) in [5.41, 5.74) is 1.65. The molecule has 0 radical (unpaired) electrons. The topological polar surface area (TPSA) is 105 Å². The SMILES string of the molecule is CC(C)(C)OC(=O)N[C@@H]1C(=O)N2C(C(=O)OC(c3ccccc3)c3ccccc3)=C(/C=C\CCO)CS[C@H]12. The average Bonchev–Trinajstić information content (AvgIpc) is 2.90. The molecule has 0 aliphatic carbocycles. The average molecular weight is 537 g/mol. The quantitative estimate of drug-likeness (QED) is 0.382. The van der Waals surface area contributed by atoms with Crippen LogP contribution in [0.15, 0.2) is 84.1 Å². The Hall–Kier alpha value is -3.56. The Bertz CT molecular complexity index is 1180. The Morgan fingerprint density at radius 1 is 1.11 bits per heavy atom. The molecule has 2 aromatic rings. The molecule has 1 fully saturated rings. The number of β-lactam (4-membered cyclic amide) rings is 1. The van der Waals surface area contributed by atoms with Gasteiger partial charge in [-0.25, -0.2) is 9.59 Å². The molecule has 4 rings (SSSR count). The van der Waals surface area contributed by atoms with Crippen molar-refractivity contribution < 1.29 is 29.0 Å². The normalized spacial score (nSPS) is 19.3. The fraction of sp³-hybridized carbons (Fsp3) is 0.345. The van der Waals surface area contributed by atoms with Gasteiger partial charge in [0.25, 0.3) is 5.91 Å². The predicted molar refractivity (Wildman–Crippen MR) is 145 cm³/mol. The Balaban J connectivity index is 1.62. The van der Waals surface area contributed by atoms with Crippen molar-refractivity contribution in [3.63, 3.8) is 0 Å². The molecule has 0 spiro atoms. The van der Waals surface area contributed by atoms with Gasteiger partial charge in [0.2, 0.25) is 0 Å². The molecule has 0 bridgehead atoms. The fourth-order valence-corrected chi connectivity index (χ4v) is 5.56. The molecule has 0 unspecified atom stereocenters. The first-order chi connectivity index (χ1) is 18.2. The fourth-order valence-electron chi connectivity index (χ4n) is 4.24. The molecular formula is C29H32N2O6S. The summed E-state index contributed by atoms with van der Waals surface area (Å²) in [6, 6.07) is 18.0. The summed E-state index contributed by atoms with van der Waals surface area (Å²) in [5.74, 6) is -0.626. The van der Waals surface area contributed by atoms with E-state index >= 15 is 0 Å². The highest BCUT2D eigenvalue weighted by Crippen LogP contribution is 2.42. The van der Waals surface area contributed by atoms with Gasteiger partial charge in [0, 0.05) is 12.4 Å². The Kier molecular flexibility index (Phi) is 8.58.